The largest absolute Gasteiger partial charge is 0.486 e. The number of rotatable bonds is 6. The number of amides is 2. The van der Waals surface area contributed by atoms with E-state index in [2.05, 4.69) is 26.6 Å². The Morgan fingerprint density at radius 2 is 1.82 bits per heavy atom. The number of hydrogen-bond donors (Lipinski definition) is 2. The molecule has 2 amide bonds. The summed E-state index contributed by atoms with van der Waals surface area (Å²) in [6.45, 7) is 1.43. The molecule has 0 bridgehead atoms. The van der Waals surface area contributed by atoms with Gasteiger partial charge in [0.2, 0.25) is 5.91 Å². The number of furan rings is 1. The predicted molar refractivity (Wildman–Crippen MR) is 106 cm³/mol. The number of nitrogens with one attached hydrogen (secondary N) is 2. The second-order valence-corrected chi connectivity index (χ2v) is 6.75. The van der Waals surface area contributed by atoms with Crippen LogP contribution in [0.15, 0.2) is 63.5 Å². The van der Waals surface area contributed by atoms with Crippen LogP contribution in [0, 0.1) is 5.82 Å². The first-order chi connectivity index (χ1) is 13.4. The molecular weight excluding hydrogens is 431 g/mol. The minimum atomic E-state index is -0.599. The molecule has 1 heterocycles. The van der Waals surface area contributed by atoms with Gasteiger partial charge in [0, 0.05) is 17.1 Å². The van der Waals surface area contributed by atoms with Crippen LogP contribution >= 0.6 is 15.9 Å². The highest BCUT2D eigenvalue weighted by molar-refractivity contribution is 9.10. The Bertz CT molecular complexity index is 1000. The van der Waals surface area contributed by atoms with Gasteiger partial charge in [-0.1, -0.05) is 15.9 Å². The van der Waals surface area contributed by atoms with Crippen molar-refractivity contribution < 1.29 is 23.1 Å². The predicted octanol–water partition coefficient (Wildman–Crippen LogP) is 4.97. The van der Waals surface area contributed by atoms with Gasteiger partial charge < -0.3 is 19.8 Å². The van der Waals surface area contributed by atoms with Crippen LogP contribution in [-0.2, 0) is 11.4 Å². The van der Waals surface area contributed by atoms with Crippen molar-refractivity contribution in [2.45, 2.75) is 13.5 Å². The van der Waals surface area contributed by atoms with Gasteiger partial charge in [-0.25, -0.2) is 4.39 Å². The van der Waals surface area contributed by atoms with Gasteiger partial charge in [0.05, 0.1) is 5.69 Å². The molecule has 1 aromatic heterocycles. The molecule has 8 heteroatoms. The maximum Gasteiger partial charge on any atom is 0.291 e. The summed E-state index contributed by atoms with van der Waals surface area (Å²) in [5, 5.41) is 4.95. The maximum atomic E-state index is 13.7. The fourth-order valence-corrected chi connectivity index (χ4v) is 2.61. The number of carbonyl (C=O) groups excluding carboxylic acids is 2. The summed E-state index contributed by atoms with van der Waals surface area (Å²) in [5.74, 6) is -0.286. The van der Waals surface area contributed by atoms with Crippen molar-refractivity contribution in [2.24, 2.45) is 0 Å². The van der Waals surface area contributed by atoms with Gasteiger partial charge in [0.25, 0.3) is 5.91 Å². The summed E-state index contributed by atoms with van der Waals surface area (Å²) in [7, 11) is 0. The van der Waals surface area contributed by atoms with Crippen LogP contribution < -0.4 is 15.4 Å². The van der Waals surface area contributed by atoms with Gasteiger partial charge in [0.15, 0.2) is 5.76 Å². The Morgan fingerprint density at radius 1 is 1.07 bits per heavy atom. The average molecular weight is 447 g/mol. The van der Waals surface area contributed by atoms with Gasteiger partial charge in [-0.05, 0) is 54.6 Å². The summed E-state index contributed by atoms with van der Waals surface area (Å²) in [5.41, 5.74) is 0.299. The van der Waals surface area contributed by atoms with Crippen LogP contribution in [-0.4, -0.2) is 11.8 Å². The lowest BCUT2D eigenvalue weighted by Gasteiger charge is -2.08. The van der Waals surface area contributed by atoms with Crippen molar-refractivity contribution >= 4 is 39.1 Å². The maximum absolute atomic E-state index is 13.7. The molecule has 28 heavy (non-hydrogen) atoms. The van der Waals surface area contributed by atoms with Gasteiger partial charge in [0.1, 0.15) is 23.9 Å². The Morgan fingerprint density at radius 3 is 2.54 bits per heavy atom. The molecule has 2 N–H and O–H groups in total. The Balaban J connectivity index is 1.62. The SMILES string of the molecule is CC(=O)Nc1cc(NC(=O)c2ccc(COc3ccc(Br)cc3)o2)ccc1F. The number of halogens is 2. The van der Waals surface area contributed by atoms with Crippen LogP contribution in [0.5, 0.6) is 5.75 Å². The van der Waals surface area contributed by atoms with E-state index in [1.165, 1.54) is 25.1 Å². The first-order valence-electron chi connectivity index (χ1n) is 8.26. The fraction of sp³-hybridized carbons (Fsp3) is 0.100. The number of benzene rings is 2. The molecule has 0 spiro atoms. The molecule has 0 saturated heterocycles. The van der Waals surface area contributed by atoms with Crippen molar-refractivity contribution in [1.82, 2.24) is 0 Å². The zero-order valence-electron chi connectivity index (χ0n) is 14.8. The van der Waals surface area contributed by atoms with Crippen molar-refractivity contribution in [3.8, 4) is 5.75 Å². The summed E-state index contributed by atoms with van der Waals surface area (Å²) in [6.07, 6.45) is 0. The first kappa shape index (κ1) is 19.6. The zero-order valence-corrected chi connectivity index (χ0v) is 16.4. The third-order valence-electron chi connectivity index (χ3n) is 3.62. The van der Waals surface area contributed by atoms with Crippen molar-refractivity contribution in [3.63, 3.8) is 0 Å². The number of ether oxygens (including phenoxy) is 1. The summed E-state index contributed by atoms with van der Waals surface area (Å²) in [4.78, 5) is 23.4. The lowest BCUT2D eigenvalue weighted by atomic mass is 10.2. The van der Waals surface area contributed by atoms with E-state index in [9.17, 15) is 14.0 Å². The zero-order chi connectivity index (χ0) is 20.1. The number of hydrogen-bond acceptors (Lipinski definition) is 4. The molecule has 0 fully saturated rings. The monoisotopic (exact) mass is 446 g/mol. The lowest BCUT2D eigenvalue weighted by molar-refractivity contribution is -0.114. The summed E-state index contributed by atoms with van der Waals surface area (Å²) in [6, 6.07) is 14.4. The minimum absolute atomic E-state index is 0.0201. The van der Waals surface area contributed by atoms with Crippen LogP contribution in [0.2, 0.25) is 0 Å². The van der Waals surface area contributed by atoms with Crippen LogP contribution in [0.3, 0.4) is 0 Å². The van der Waals surface area contributed by atoms with E-state index >= 15 is 0 Å². The molecule has 0 aliphatic rings. The summed E-state index contributed by atoms with van der Waals surface area (Å²) < 4.78 is 25.7. The van der Waals surface area contributed by atoms with Gasteiger partial charge >= 0.3 is 0 Å². The third kappa shape index (κ3) is 5.20. The first-order valence-corrected chi connectivity index (χ1v) is 9.05. The quantitative estimate of drug-likeness (QED) is 0.559. The molecule has 144 valence electrons. The molecular formula is C20H16BrFN2O4. The summed E-state index contributed by atoms with van der Waals surface area (Å²) >= 11 is 3.35. The molecule has 0 saturated carbocycles. The molecule has 0 unspecified atom stereocenters. The second-order valence-electron chi connectivity index (χ2n) is 5.84. The molecule has 0 atom stereocenters. The third-order valence-corrected chi connectivity index (χ3v) is 4.14. The second kappa shape index (κ2) is 8.71. The van der Waals surface area contributed by atoms with Gasteiger partial charge in [-0.3, -0.25) is 9.59 Å². The molecule has 0 aliphatic carbocycles. The molecule has 2 aromatic carbocycles. The Labute approximate surface area is 168 Å². The van der Waals surface area contributed by atoms with E-state index < -0.39 is 17.6 Å². The van der Waals surface area contributed by atoms with E-state index in [0.717, 1.165) is 10.5 Å². The molecule has 3 rings (SSSR count). The van der Waals surface area contributed by atoms with Crippen LogP contribution in [0.4, 0.5) is 15.8 Å². The fourth-order valence-electron chi connectivity index (χ4n) is 2.34. The Hall–Kier alpha value is -3.13. The molecule has 3 aromatic rings. The molecule has 0 aliphatic heterocycles. The van der Waals surface area contributed by atoms with Crippen LogP contribution in [0.25, 0.3) is 0 Å². The standard InChI is InChI=1S/C20H16BrFN2O4/c1-12(25)23-18-10-14(4-8-17(18)22)24-20(26)19-9-7-16(28-19)11-27-15-5-2-13(21)3-6-15/h2-10H,11H2,1H3,(H,23,25)(H,24,26). The topological polar surface area (TPSA) is 80.6 Å². The Kier molecular flexibility index (Phi) is 6.10. The highest BCUT2D eigenvalue weighted by Crippen LogP contribution is 2.21. The number of carbonyl (C=O) groups is 2. The van der Waals surface area contributed by atoms with Crippen LogP contribution in [0.1, 0.15) is 23.2 Å². The number of anilines is 2. The molecule has 6 nitrogen and oxygen atoms in total. The highest BCUT2D eigenvalue weighted by atomic mass is 79.9. The van der Waals surface area contributed by atoms with E-state index in [1.807, 2.05) is 24.3 Å². The van der Waals surface area contributed by atoms with Gasteiger partial charge in [-0.2, -0.15) is 0 Å². The van der Waals surface area contributed by atoms with E-state index in [4.69, 9.17) is 9.15 Å². The van der Waals surface area contributed by atoms with Gasteiger partial charge in [-0.15, -0.1) is 0 Å². The van der Waals surface area contributed by atoms with E-state index in [0.29, 0.717) is 17.2 Å². The normalized spacial score (nSPS) is 10.4. The van der Waals surface area contributed by atoms with Crippen molar-refractivity contribution in [1.29, 1.82) is 0 Å². The van der Waals surface area contributed by atoms with Crippen molar-refractivity contribution in [2.75, 3.05) is 10.6 Å². The average Bonchev–Trinajstić information content (AvgIpc) is 3.13. The minimum Gasteiger partial charge on any atom is -0.486 e. The van der Waals surface area contributed by atoms with Crippen molar-refractivity contribution in [3.05, 3.63) is 76.4 Å². The smallest absolute Gasteiger partial charge is 0.291 e. The van der Waals surface area contributed by atoms with E-state index in [-0.39, 0.29) is 18.1 Å². The van der Waals surface area contributed by atoms with E-state index in [1.54, 1.807) is 6.07 Å². The molecule has 0 radical (unpaired) electrons. The highest BCUT2D eigenvalue weighted by Gasteiger charge is 2.13. The lowest BCUT2D eigenvalue weighted by Crippen LogP contribution is -2.12.